The molecule has 1 aromatic carbocycles. The molecule has 0 unspecified atom stereocenters. The lowest BCUT2D eigenvalue weighted by atomic mass is 10.0. The van der Waals surface area contributed by atoms with Crippen molar-refractivity contribution >= 4 is 28.6 Å². The van der Waals surface area contributed by atoms with Crippen molar-refractivity contribution in [1.82, 2.24) is 4.98 Å². The predicted octanol–water partition coefficient (Wildman–Crippen LogP) is 3.75. The molecule has 0 amide bonds. The van der Waals surface area contributed by atoms with Crippen LogP contribution in [-0.2, 0) is 13.0 Å². The molecule has 0 atom stereocenters. The first kappa shape index (κ1) is 11.1. The lowest BCUT2D eigenvalue weighted by molar-refractivity contribution is 0.694. The van der Waals surface area contributed by atoms with Gasteiger partial charge in [-0.1, -0.05) is 29.8 Å². The summed E-state index contributed by atoms with van der Waals surface area (Å²) in [7, 11) is 0. The van der Waals surface area contributed by atoms with Crippen molar-refractivity contribution in [3.63, 3.8) is 0 Å². The summed E-state index contributed by atoms with van der Waals surface area (Å²) in [6.45, 7) is 2.04. The Hall–Kier alpha value is -1.06. The van der Waals surface area contributed by atoms with E-state index in [1.165, 1.54) is 29.0 Å². The first-order chi connectivity index (χ1) is 8.33. The zero-order valence-electron chi connectivity index (χ0n) is 9.40. The minimum atomic E-state index is 0.630. The van der Waals surface area contributed by atoms with E-state index in [2.05, 4.69) is 34.1 Å². The summed E-state index contributed by atoms with van der Waals surface area (Å²) in [5.41, 5.74) is 2.82. The summed E-state index contributed by atoms with van der Waals surface area (Å²) in [6, 6.07) is 8.65. The van der Waals surface area contributed by atoms with Gasteiger partial charge in [-0.25, -0.2) is 4.98 Å². The van der Waals surface area contributed by atoms with Crippen LogP contribution in [0.2, 0.25) is 4.47 Å². The molecule has 1 aliphatic heterocycles. The minimum absolute atomic E-state index is 0.630. The van der Waals surface area contributed by atoms with E-state index in [9.17, 15) is 0 Å². The van der Waals surface area contributed by atoms with Crippen LogP contribution in [0.1, 0.15) is 16.9 Å². The van der Waals surface area contributed by atoms with E-state index >= 15 is 0 Å². The number of rotatable bonds is 2. The molecule has 4 heteroatoms. The number of aromatic nitrogens is 1. The average molecular weight is 265 g/mol. The van der Waals surface area contributed by atoms with Gasteiger partial charge in [-0.3, -0.25) is 0 Å². The first-order valence-corrected chi connectivity index (χ1v) is 6.95. The molecule has 88 valence electrons. The summed E-state index contributed by atoms with van der Waals surface area (Å²) < 4.78 is 0.630. The van der Waals surface area contributed by atoms with Crippen LogP contribution in [0.25, 0.3) is 0 Å². The zero-order chi connectivity index (χ0) is 11.7. The number of hydrogen-bond acceptors (Lipinski definition) is 3. The maximum absolute atomic E-state index is 5.87. The van der Waals surface area contributed by atoms with Crippen molar-refractivity contribution in [3.05, 3.63) is 45.4 Å². The van der Waals surface area contributed by atoms with E-state index in [-0.39, 0.29) is 0 Å². The molecule has 1 aromatic heterocycles. The van der Waals surface area contributed by atoms with Crippen LogP contribution in [-0.4, -0.2) is 11.5 Å². The molecule has 0 saturated heterocycles. The normalized spacial score (nSPS) is 14.8. The Morgan fingerprint density at radius 1 is 1.35 bits per heavy atom. The molecule has 0 aliphatic carbocycles. The summed E-state index contributed by atoms with van der Waals surface area (Å²) in [4.78, 5) is 7.74. The fraction of sp³-hybridized carbons (Fsp3) is 0.308. The molecule has 0 spiro atoms. The Bertz CT molecular complexity index is 524. The number of para-hydroxylation sites is 1. The Balaban J connectivity index is 1.85. The second kappa shape index (κ2) is 4.67. The molecule has 0 saturated carbocycles. The van der Waals surface area contributed by atoms with E-state index < -0.39 is 0 Å². The number of thiazole rings is 1. The van der Waals surface area contributed by atoms with Gasteiger partial charge >= 0.3 is 0 Å². The smallest absolute Gasteiger partial charge is 0.183 e. The Morgan fingerprint density at radius 3 is 3.06 bits per heavy atom. The summed E-state index contributed by atoms with van der Waals surface area (Å²) in [5, 5.41) is 0. The molecule has 17 heavy (non-hydrogen) atoms. The highest BCUT2D eigenvalue weighted by molar-refractivity contribution is 7.15. The van der Waals surface area contributed by atoms with Crippen LogP contribution < -0.4 is 4.90 Å². The second-order valence-corrected chi connectivity index (χ2v) is 5.93. The molecular formula is C13H13ClN2S. The average Bonchev–Trinajstić information content (AvgIpc) is 2.75. The van der Waals surface area contributed by atoms with E-state index in [4.69, 9.17) is 11.6 Å². The standard InChI is InChI=1S/C13H13ClN2S/c14-13-15-8-11(17-13)9-16-7-3-5-10-4-1-2-6-12(10)16/h1-2,4,6,8H,3,5,7,9H2. The molecule has 0 N–H and O–H groups in total. The lowest BCUT2D eigenvalue weighted by Gasteiger charge is -2.30. The number of fused-ring (bicyclic) bond motifs is 1. The summed E-state index contributed by atoms with van der Waals surface area (Å²) in [5.74, 6) is 0. The predicted molar refractivity (Wildman–Crippen MR) is 72.9 cm³/mol. The van der Waals surface area contributed by atoms with Crippen molar-refractivity contribution < 1.29 is 0 Å². The van der Waals surface area contributed by atoms with Crippen LogP contribution in [0, 0.1) is 0 Å². The topological polar surface area (TPSA) is 16.1 Å². The number of anilines is 1. The lowest BCUT2D eigenvalue weighted by Crippen LogP contribution is -2.28. The highest BCUT2D eigenvalue weighted by Crippen LogP contribution is 2.29. The Labute approximate surface area is 110 Å². The third-order valence-electron chi connectivity index (χ3n) is 3.08. The van der Waals surface area contributed by atoms with Crippen LogP contribution in [0.4, 0.5) is 5.69 Å². The molecule has 0 fully saturated rings. The van der Waals surface area contributed by atoms with Gasteiger partial charge in [0, 0.05) is 23.3 Å². The van der Waals surface area contributed by atoms with Crippen LogP contribution in [0.3, 0.4) is 0 Å². The first-order valence-electron chi connectivity index (χ1n) is 5.76. The molecule has 2 nitrogen and oxygen atoms in total. The second-order valence-electron chi connectivity index (χ2n) is 4.23. The van der Waals surface area contributed by atoms with E-state index in [0.29, 0.717) is 4.47 Å². The molecule has 2 heterocycles. The van der Waals surface area contributed by atoms with Gasteiger partial charge in [0.1, 0.15) is 0 Å². The van der Waals surface area contributed by atoms with Crippen molar-refractivity contribution in [3.8, 4) is 0 Å². The fourth-order valence-corrected chi connectivity index (χ4v) is 3.31. The van der Waals surface area contributed by atoms with Crippen molar-refractivity contribution in [2.45, 2.75) is 19.4 Å². The summed E-state index contributed by atoms with van der Waals surface area (Å²) >= 11 is 7.44. The zero-order valence-corrected chi connectivity index (χ0v) is 11.0. The monoisotopic (exact) mass is 264 g/mol. The van der Waals surface area contributed by atoms with Crippen LogP contribution >= 0.6 is 22.9 Å². The van der Waals surface area contributed by atoms with E-state index in [0.717, 1.165) is 13.1 Å². The highest BCUT2D eigenvalue weighted by Gasteiger charge is 2.16. The van der Waals surface area contributed by atoms with Gasteiger partial charge in [0.05, 0.1) is 6.54 Å². The molecule has 2 aromatic rings. The quantitative estimate of drug-likeness (QED) is 0.821. The third-order valence-corrected chi connectivity index (χ3v) is 4.18. The third kappa shape index (κ3) is 2.31. The van der Waals surface area contributed by atoms with Crippen molar-refractivity contribution in [2.75, 3.05) is 11.4 Å². The van der Waals surface area contributed by atoms with E-state index in [1.807, 2.05) is 6.20 Å². The maximum Gasteiger partial charge on any atom is 0.183 e. The number of aryl methyl sites for hydroxylation is 1. The van der Waals surface area contributed by atoms with Crippen LogP contribution in [0.5, 0.6) is 0 Å². The van der Waals surface area contributed by atoms with Gasteiger partial charge < -0.3 is 4.90 Å². The summed E-state index contributed by atoms with van der Waals surface area (Å²) in [6.07, 6.45) is 4.30. The van der Waals surface area contributed by atoms with Gasteiger partial charge in [0.25, 0.3) is 0 Å². The van der Waals surface area contributed by atoms with Gasteiger partial charge in [-0.05, 0) is 24.5 Å². The number of halogens is 1. The SMILES string of the molecule is Clc1ncc(CN2CCCc3ccccc32)s1. The van der Waals surface area contributed by atoms with Crippen LogP contribution in [0.15, 0.2) is 30.5 Å². The number of nitrogens with zero attached hydrogens (tertiary/aromatic N) is 2. The van der Waals surface area contributed by atoms with Gasteiger partial charge in [0.2, 0.25) is 0 Å². The molecular weight excluding hydrogens is 252 g/mol. The Morgan fingerprint density at radius 2 is 2.24 bits per heavy atom. The minimum Gasteiger partial charge on any atom is -0.366 e. The van der Waals surface area contributed by atoms with Gasteiger partial charge in [-0.15, -0.1) is 11.3 Å². The Kier molecular flexibility index (Phi) is 3.04. The number of hydrogen-bond donors (Lipinski definition) is 0. The molecule has 0 bridgehead atoms. The van der Waals surface area contributed by atoms with Crippen molar-refractivity contribution in [1.29, 1.82) is 0 Å². The van der Waals surface area contributed by atoms with Crippen molar-refractivity contribution in [2.24, 2.45) is 0 Å². The van der Waals surface area contributed by atoms with E-state index in [1.54, 1.807) is 11.3 Å². The van der Waals surface area contributed by atoms with Gasteiger partial charge in [0.15, 0.2) is 4.47 Å². The van der Waals surface area contributed by atoms with Gasteiger partial charge in [-0.2, -0.15) is 0 Å². The number of benzene rings is 1. The molecule has 3 rings (SSSR count). The fourth-order valence-electron chi connectivity index (χ4n) is 2.32. The maximum atomic E-state index is 5.87. The highest BCUT2D eigenvalue weighted by atomic mass is 35.5. The largest absolute Gasteiger partial charge is 0.366 e. The molecule has 1 aliphatic rings. The molecule has 0 radical (unpaired) electrons.